The number of carbonyl (C=O) groups excluding carboxylic acids is 1. The lowest BCUT2D eigenvalue weighted by Gasteiger charge is -2.40. The van der Waals surface area contributed by atoms with Crippen LogP contribution < -0.4 is 5.32 Å². The first-order valence-corrected chi connectivity index (χ1v) is 19.5. The fraction of sp³-hybridized carbons (Fsp3) is 0.872. The van der Waals surface area contributed by atoms with Crippen LogP contribution in [0.5, 0.6) is 0 Å². The average Bonchev–Trinajstić information content (AvgIpc) is 3.08. The molecule has 0 spiro atoms. The second kappa shape index (κ2) is 30.5. The van der Waals surface area contributed by atoms with Gasteiger partial charge in [0, 0.05) is 6.42 Å². The number of aliphatic hydroxyl groups excluding tert-OH is 5. The van der Waals surface area contributed by atoms with Crippen LogP contribution in [0.25, 0.3) is 0 Å². The normalized spacial score (nSPS) is 22.9. The Kier molecular flexibility index (Phi) is 28.4. The summed E-state index contributed by atoms with van der Waals surface area (Å²) < 4.78 is 11.2. The second-order valence-corrected chi connectivity index (χ2v) is 13.7. The molecular formula is C39H73NO8. The van der Waals surface area contributed by atoms with Crippen molar-refractivity contribution >= 4 is 5.91 Å². The Hall–Kier alpha value is -1.33. The van der Waals surface area contributed by atoms with E-state index in [1.54, 1.807) is 0 Å². The molecule has 9 nitrogen and oxygen atoms in total. The maximum atomic E-state index is 12.9. The third-order valence-electron chi connectivity index (χ3n) is 9.29. The molecule has 6 N–H and O–H groups in total. The summed E-state index contributed by atoms with van der Waals surface area (Å²) in [6.07, 6.45) is 26.1. The van der Waals surface area contributed by atoms with Crippen molar-refractivity contribution in [2.75, 3.05) is 13.2 Å². The van der Waals surface area contributed by atoms with E-state index in [4.69, 9.17) is 9.47 Å². The van der Waals surface area contributed by atoms with Crippen LogP contribution in [0.4, 0.5) is 0 Å². The molecule has 1 aliphatic rings. The van der Waals surface area contributed by atoms with E-state index < -0.39 is 49.5 Å². The molecule has 0 aromatic rings. The lowest BCUT2D eigenvalue weighted by molar-refractivity contribution is -0.302. The maximum Gasteiger partial charge on any atom is 0.220 e. The number of nitrogens with one attached hydrogen (secondary N) is 1. The predicted octanol–water partition coefficient (Wildman–Crippen LogP) is 6.77. The predicted molar refractivity (Wildman–Crippen MR) is 193 cm³/mol. The number of unbranched alkanes of at least 4 members (excludes halogenated alkanes) is 17. The van der Waals surface area contributed by atoms with Crippen molar-refractivity contribution in [3.8, 4) is 0 Å². The smallest absolute Gasteiger partial charge is 0.220 e. The molecule has 1 fully saturated rings. The summed E-state index contributed by atoms with van der Waals surface area (Å²) in [4.78, 5) is 12.9. The van der Waals surface area contributed by atoms with Crippen molar-refractivity contribution in [2.45, 2.75) is 204 Å². The van der Waals surface area contributed by atoms with Gasteiger partial charge in [-0.1, -0.05) is 141 Å². The van der Waals surface area contributed by atoms with Gasteiger partial charge < -0.3 is 40.3 Å². The zero-order valence-corrected chi connectivity index (χ0v) is 30.5. The van der Waals surface area contributed by atoms with Gasteiger partial charge in [0.25, 0.3) is 0 Å². The molecule has 1 amide bonds. The topological polar surface area (TPSA) is 149 Å². The molecule has 1 aliphatic heterocycles. The van der Waals surface area contributed by atoms with Crippen molar-refractivity contribution in [1.29, 1.82) is 0 Å². The van der Waals surface area contributed by atoms with Crippen molar-refractivity contribution in [3.63, 3.8) is 0 Å². The molecule has 7 atom stereocenters. The minimum Gasteiger partial charge on any atom is -0.394 e. The fourth-order valence-electron chi connectivity index (χ4n) is 6.08. The molecule has 0 saturated carbocycles. The van der Waals surface area contributed by atoms with Crippen LogP contribution in [0, 0.1) is 0 Å². The van der Waals surface area contributed by atoms with Gasteiger partial charge in [-0.2, -0.15) is 0 Å². The van der Waals surface area contributed by atoms with E-state index in [1.165, 1.54) is 64.2 Å². The highest BCUT2D eigenvalue weighted by atomic mass is 16.7. The van der Waals surface area contributed by atoms with E-state index in [-0.39, 0.29) is 12.5 Å². The van der Waals surface area contributed by atoms with E-state index in [1.807, 2.05) is 0 Å². The van der Waals surface area contributed by atoms with E-state index in [0.717, 1.165) is 70.6 Å². The van der Waals surface area contributed by atoms with Gasteiger partial charge in [0.2, 0.25) is 5.91 Å². The third-order valence-corrected chi connectivity index (χ3v) is 9.29. The quantitative estimate of drug-likeness (QED) is 0.0346. The molecule has 1 saturated heterocycles. The van der Waals surface area contributed by atoms with Gasteiger partial charge in [0.05, 0.1) is 25.4 Å². The summed E-state index contributed by atoms with van der Waals surface area (Å²) in [5.41, 5.74) is 0. The van der Waals surface area contributed by atoms with Gasteiger partial charge in [-0.25, -0.2) is 0 Å². The number of carbonyl (C=O) groups is 1. The average molecular weight is 684 g/mol. The summed E-state index contributed by atoms with van der Waals surface area (Å²) >= 11 is 0. The molecule has 48 heavy (non-hydrogen) atoms. The minimum atomic E-state index is -1.55. The first kappa shape index (κ1) is 44.7. The summed E-state index contributed by atoms with van der Waals surface area (Å²) in [6.45, 7) is 3.73. The molecule has 1 rings (SSSR count). The Balaban J connectivity index is 2.43. The van der Waals surface area contributed by atoms with Crippen molar-refractivity contribution in [2.24, 2.45) is 0 Å². The summed E-state index contributed by atoms with van der Waals surface area (Å²) in [7, 11) is 0. The highest BCUT2D eigenvalue weighted by Gasteiger charge is 2.44. The van der Waals surface area contributed by atoms with Gasteiger partial charge in [-0.3, -0.25) is 4.79 Å². The zero-order valence-electron chi connectivity index (χ0n) is 30.5. The van der Waals surface area contributed by atoms with Crippen LogP contribution in [0.1, 0.15) is 162 Å². The number of ether oxygens (including phenoxy) is 2. The van der Waals surface area contributed by atoms with E-state index >= 15 is 0 Å². The number of hydrogen-bond acceptors (Lipinski definition) is 8. The number of aliphatic hydroxyl groups is 5. The Morgan fingerprint density at radius 2 is 1.27 bits per heavy atom. The number of hydrogen-bond donors (Lipinski definition) is 6. The molecule has 282 valence electrons. The molecule has 1 heterocycles. The molecule has 0 bridgehead atoms. The molecule has 0 radical (unpaired) electrons. The first-order valence-electron chi connectivity index (χ1n) is 19.5. The standard InChI is InChI=1S/C39H73NO8/c1-3-5-7-9-11-13-15-17-19-21-23-25-27-29-35(43)40-32(31-47-39-38(46)37(45)36(44)34(30-41)48-39)33(42)28-26-24-22-20-18-16-14-12-10-8-6-4-2/h7,9,13,15,32-34,36-39,41-42,44-46H,3-6,8,10-12,14,16-31H2,1-2H3,(H,40,43)/b9-7-,15-13-. The fourth-order valence-corrected chi connectivity index (χ4v) is 6.08. The van der Waals surface area contributed by atoms with Crippen LogP contribution >= 0.6 is 0 Å². The molecule has 0 aliphatic carbocycles. The summed E-state index contributed by atoms with van der Waals surface area (Å²) in [5.74, 6) is -0.162. The molecule has 0 aromatic heterocycles. The Morgan fingerprint density at radius 3 is 1.88 bits per heavy atom. The van der Waals surface area contributed by atoms with Crippen LogP contribution in [-0.4, -0.2) is 87.5 Å². The minimum absolute atomic E-state index is 0.143. The lowest BCUT2D eigenvalue weighted by atomic mass is 9.99. The summed E-state index contributed by atoms with van der Waals surface area (Å²) in [5, 5.41) is 54.0. The van der Waals surface area contributed by atoms with Gasteiger partial charge >= 0.3 is 0 Å². The highest BCUT2D eigenvalue weighted by Crippen LogP contribution is 2.23. The molecular weight excluding hydrogens is 610 g/mol. The molecule has 9 heteroatoms. The van der Waals surface area contributed by atoms with Gasteiger partial charge in [0.1, 0.15) is 24.4 Å². The van der Waals surface area contributed by atoms with Crippen molar-refractivity contribution < 1.29 is 39.8 Å². The molecule has 0 aromatic carbocycles. The van der Waals surface area contributed by atoms with Crippen LogP contribution in [0.3, 0.4) is 0 Å². The summed E-state index contributed by atoms with van der Waals surface area (Å²) in [6, 6.07) is -0.721. The van der Waals surface area contributed by atoms with Crippen molar-refractivity contribution in [1.82, 2.24) is 5.32 Å². The monoisotopic (exact) mass is 684 g/mol. The number of rotatable bonds is 31. The molecule has 7 unspecified atom stereocenters. The van der Waals surface area contributed by atoms with Gasteiger partial charge in [-0.05, 0) is 38.5 Å². The third kappa shape index (κ3) is 21.7. The van der Waals surface area contributed by atoms with Gasteiger partial charge in [0.15, 0.2) is 6.29 Å². The number of allylic oxidation sites excluding steroid dienone is 4. The Bertz CT molecular complexity index is 807. The van der Waals surface area contributed by atoms with E-state index in [2.05, 4.69) is 43.5 Å². The van der Waals surface area contributed by atoms with Crippen molar-refractivity contribution in [3.05, 3.63) is 24.3 Å². The van der Waals surface area contributed by atoms with Crippen LogP contribution in [0.2, 0.25) is 0 Å². The largest absolute Gasteiger partial charge is 0.394 e. The van der Waals surface area contributed by atoms with Crippen LogP contribution in [-0.2, 0) is 14.3 Å². The first-order chi connectivity index (χ1) is 23.3. The van der Waals surface area contributed by atoms with E-state index in [9.17, 15) is 30.3 Å². The van der Waals surface area contributed by atoms with Crippen LogP contribution in [0.15, 0.2) is 24.3 Å². The number of amides is 1. The second-order valence-electron chi connectivity index (χ2n) is 13.7. The SMILES string of the molecule is CCC/C=C\C/C=C\CCCCCCCC(=O)NC(COC1OC(CO)C(O)C(O)C1O)C(O)CCCCCCCCCCCCCC. The van der Waals surface area contributed by atoms with Gasteiger partial charge in [-0.15, -0.1) is 0 Å². The maximum absolute atomic E-state index is 12.9. The van der Waals surface area contributed by atoms with E-state index in [0.29, 0.717) is 12.8 Å². The highest BCUT2D eigenvalue weighted by molar-refractivity contribution is 5.76. The Morgan fingerprint density at radius 1 is 0.708 bits per heavy atom. The Labute approximate surface area is 292 Å². The zero-order chi connectivity index (χ0) is 35.2. The lowest BCUT2D eigenvalue weighted by Crippen LogP contribution is -2.60.